The maximum Gasteiger partial charge on any atom is 0.218 e. The zero-order valence-corrected chi connectivity index (χ0v) is 8.92. The van der Waals surface area contributed by atoms with Gasteiger partial charge in [0, 0.05) is 12.5 Å². The van der Waals surface area contributed by atoms with Gasteiger partial charge in [-0.2, -0.15) is 4.98 Å². The third-order valence-electron chi connectivity index (χ3n) is 1.54. The van der Waals surface area contributed by atoms with Crippen molar-refractivity contribution in [3.63, 3.8) is 0 Å². The van der Waals surface area contributed by atoms with Crippen LogP contribution >= 0.6 is 11.6 Å². The Hall–Kier alpha value is -1.09. The molecule has 0 aliphatic carbocycles. The predicted molar refractivity (Wildman–Crippen MR) is 56.7 cm³/mol. The van der Waals surface area contributed by atoms with E-state index in [1.54, 1.807) is 12.1 Å². The van der Waals surface area contributed by atoms with Crippen molar-refractivity contribution in [1.82, 2.24) is 9.97 Å². The van der Waals surface area contributed by atoms with E-state index in [4.69, 9.17) is 16.3 Å². The third-order valence-corrected chi connectivity index (χ3v) is 1.73. The van der Waals surface area contributed by atoms with Crippen molar-refractivity contribution in [2.75, 3.05) is 6.61 Å². The van der Waals surface area contributed by atoms with Crippen LogP contribution in [-0.4, -0.2) is 16.6 Å². The fourth-order valence-electron chi connectivity index (χ4n) is 0.996. The average molecular weight is 213 g/mol. The van der Waals surface area contributed by atoms with Gasteiger partial charge in [0.15, 0.2) is 0 Å². The summed E-state index contributed by atoms with van der Waals surface area (Å²) in [6.45, 7) is 6.05. The maximum atomic E-state index is 5.81. The molecule has 0 atom stereocenters. The van der Waals surface area contributed by atoms with Crippen LogP contribution < -0.4 is 4.74 Å². The topological polar surface area (TPSA) is 35.0 Å². The Bertz CT molecular complexity index is 315. The Morgan fingerprint density at radius 3 is 3.00 bits per heavy atom. The van der Waals surface area contributed by atoms with Gasteiger partial charge in [-0.1, -0.05) is 31.2 Å². The SMILES string of the molecule is C=CCOc1cc(Cl)nc(CCC)n1. The molecule has 14 heavy (non-hydrogen) atoms. The quantitative estimate of drug-likeness (QED) is 0.556. The highest BCUT2D eigenvalue weighted by Gasteiger charge is 2.02. The Labute approximate surface area is 88.8 Å². The van der Waals surface area contributed by atoms with E-state index in [0.29, 0.717) is 17.6 Å². The van der Waals surface area contributed by atoms with Gasteiger partial charge >= 0.3 is 0 Å². The smallest absolute Gasteiger partial charge is 0.218 e. The number of aromatic nitrogens is 2. The molecule has 0 N–H and O–H groups in total. The van der Waals surface area contributed by atoms with Crippen molar-refractivity contribution in [2.24, 2.45) is 0 Å². The molecule has 0 radical (unpaired) electrons. The van der Waals surface area contributed by atoms with Crippen LogP contribution in [0.1, 0.15) is 19.2 Å². The highest BCUT2D eigenvalue weighted by atomic mass is 35.5. The summed E-state index contributed by atoms with van der Waals surface area (Å²) in [4.78, 5) is 8.28. The molecular formula is C10H13ClN2O. The molecule has 0 amide bonds. The molecule has 0 unspecified atom stereocenters. The fraction of sp³-hybridized carbons (Fsp3) is 0.400. The summed E-state index contributed by atoms with van der Waals surface area (Å²) in [5, 5.41) is 0.419. The first-order chi connectivity index (χ1) is 6.76. The fourth-order valence-corrected chi connectivity index (χ4v) is 1.19. The monoisotopic (exact) mass is 212 g/mol. The van der Waals surface area contributed by atoms with Gasteiger partial charge < -0.3 is 4.74 Å². The summed E-state index contributed by atoms with van der Waals surface area (Å²) in [6, 6.07) is 1.60. The molecule has 0 fully saturated rings. The molecule has 76 valence electrons. The van der Waals surface area contributed by atoms with Gasteiger partial charge in [-0.25, -0.2) is 4.98 Å². The van der Waals surface area contributed by atoms with Crippen LogP contribution in [0.3, 0.4) is 0 Å². The Morgan fingerprint density at radius 1 is 1.57 bits per heavy atom. The molecule has 0 spiro atoms. The van der Waals surface area contributed by atoms with Crippen molar-refractivity contribution in [3.05, 3.63) is 29.7 Å². The molecule has 0 aromatic carbocycles. The number of ether oxygens (including phenoxy) is 1. The molecule has 0 saturated heterocycles. The van der Waals surface area contributed by atoms with Gasteiger partial charge in [-0.05, 0) is 6.42 Å². The number of hydrogen-bond donors (Lipinski definition) is 0. The van der Waals surface area contributed by atoms with E-state index in [1.807, 2.05) is 0 Å². The van der Waals surface area contributed by atoms with Crippen LogP contribution in [0.25, 0.3) is 0 Å². The Kier molecular flexibility index (Phi) is 4.40. The van der Waals surface area contributed by atoms with E-state index in [9.17, 15) is 0 Å². The normalized spacial score (nSPS) is 9.86. The molecule has 0 saturated carbocycles. The van der Waals surface area contributed by atoms with Gasteiger partial charge in [0.05, 0.1) is 0 Å². The van der Waals surface area contributed by atoms with E-state index in [0.717, 1.165) is 18.7 Å². The average Bonchev–Trinajstić information content (AvgIpc) is 2.14. The lowest BCUT2D eigenvalue weighted by Gasteiger charge is -2.04. The molecule has 0 aliphatic heterocycles. The lowest BCUT2D eigenvalue weighted by molar-refractivity contribution is 0.346. The molecule has 0 aliphatic rings. The van der Waals surface area contributed by atoms with Crippen LogP contribution in [0, 0.1) is 0 Å². The zero-order valence-electron chi connectivity index (χ0n) is 8.16. The Balaban J connectivity index is 2.77. The van der Waals surface area contributed by atoms with Crippen molar-refractivity contribution in [3.8, 4) is 5.88 Å². The van der Waals surface area contributed by atoms with Gasteiger partial charge in [0.2, 0.25) is 5.88 Å². The van der Waals surface area contributed by atoms with Gasteiger partial charge in [0.1, 0.15) is 17.6 Å². The summed E-state index contributed by atoms with van der Waals surface area (Å²) in [5.74, 6) is 1.23. The number of rotatable bonds is 5. The van der Waals surface area contributed by atoms with Gasteiger partial charge in [-0.3, -0.25) is 0 Å². The molecule has 3 nitrogen and oxygen atoms in total. The predicted octanol–water partition coefficient (Wildman–Crippen LogP) is 2.65. The van der Waals surface area contributed by atoms with Crippen LogP contribution in [0.2, 0.25) is 5.15 Å². The van der Waals surface area contributed by atoms with Crippen LogP contribution in [-0.2, 0) is 6.42 Å². The minimum absolute atomic E-state index is 0.419. The summed E-state index contributed by atoms with van der Waals surface area (Å²) in [6.07, 6.45) is 3.46. The Morgan fingerprint density at radius 2 is 2.36 bits per heavy atom. The second-order valence-electron chi connectivity index (χ2n) is 2.79. The second-order valence-corrected chi connectivity index (χ2v) is 3.18. The van der Waals surface area contributed by atoms with Crippen LogP contribution in [0.5, 0.6) is 5.88 Å². The van der Waals surface area contributed by atoms with Crippen molar-refractivity contribution >= 4 is 11.6 Å². The van der Waals surface area contributed by atoms with E-state index < -0.39 is 0 Å². The van der Waals surface area contributed by atoms with Crippen molar-refractivity contribution in [1.29, 1.82) is 0 Å². The number of nitrogens with zero attached hydrogens (tertiary/aromatic N) is 2. The summed E-state index contributed by atoms with van der Waals surface area (Å²) < 4.78 is 5.27. The standard InChI is InChI=1S/C10H13ClN2O/c1-3-5-9-12-8(11)7-10(13-9)14-6-4-2/h4,7H,2-3,5-6H2,1H3. The summed E-state index contributed by atoms with van der Waals surface area (Å²) >= 11 is 5.81. The molecule has 1 aromatic rings. The minimum atomic E-state index is 0.419. The second kappa shape index (κ2) is 5.60. The molecule has 1 rings (SSSR count). The number of aryl methyl sites for hydroxylation is 1. The zero-order chi connectivity index (χ0) is 10.4. The molecule has 4 heteroatoms. The largest absolute Gasteiger partial charge is 0.473 e. The highest BCUT2D eigenvalue weighted by molar-refractivity contribution is 6.29. The van der Waals surface area contributed by atoms with E-state index in [-0.39, 0.29) is 0 Å². The molecule has 0 bridgehead atoms. The van der Waals surface area contributed by atoms with Gasteiger partial charge in [-0.15, -0.1) is 0 Å². The maximum absolute atomic E-state index is 5.81. The van der Waals surface area contributed by atoms with Crippen LogP contribution in [0.15, 0.2) is 18.7 Å². The number of halogens is 1. The molecule has 1 heterocycles. The number of hydrogen-bond acceptors (Lipinski definition) is 3. The lowest BCUT2D eigenvalue weighted by Crippen LogP contribution is -2.00. The first kappa shape index (κ1) is 11.0. The summed E-state index contributed by atoms with van der Waals surface area (Å²) in [7, 11) is 0. The highest BCUT2D eigenvalue weighted by Crippen LogP contribution is 2.14. The third kappa shape index (κ3) is 3.34. The van der Waals surface area contributed by atoms with Crippen molar-refractivity contribution < 1.29 is 4.74 Å². The lowest BCUT2D eigenvalue weighted by atomic mass is 10.3. The first-order valence-corrected chi connectivity index (χ1v) is 4.91. The van der Waals surface area contributed by atoms with E-state index in [2.05, 4.69) is 23.5 Å². The first-order valence-electron chi connectivity index (χ1n) is 4.53. The van der Waals surface area contributed by atoms with E-state index >= 15 is 0 Å². The van der Waals surface area contributed by atoms with Gasteiger partial charge in [0.25, 0.3) is 0 Å². The van der Waals surface area contributed by atoms with Crippen molar-refractivity contribution in [2.45, 2.75) is 19.8 Å². The van der Waals surface area contributed by atoms with Crippen LogP contribution in [0.4, 0.5) is 0 Å². The van der Waals surface area contributed by atoms with E-state index in [1.165, 1.54) is 0 Å². The molecular weight excluding hydrogens is 200 g/mol. The molecule has 1 aromatic heterocycles. The minimum Gasteiger partial charge on any atom is -0.473 e. The summed E-state index contributed by atoms with van der Waals surface area (Å²) in [5.41, 5.74) is 0.